The molecule has 3 aromatic carbocycles. The second kappa shape index (κ2) is 13.6. The lowest BCUT2D eigenvalue weighted by Gasteiger charge is -2.44. The first-order valence-electron chi connectivity index (χ1n) is 14.3. The topological polar surface area (TPSA) is 151 Å². The number of fused-ring (bicyclic) bond motifs is 1. The predicted octanol–water partition coefficient (Wildman–Crippen LogP) is 5.40. The Morgan fingerprint density at radius 1 is 0.930 bits per heavy atom. The Morgan fingerprint density at radius 2 is 1.60 bits per heavy atom. The van der Waals surface area contributed by atoms with Crippen molar-refractivity contribution in [2.24, 2.45) is 5.73 Å². The fraction of sp³-hybridized carbons (Fsp3) is 0.394. The van der Waals surface area contributed by atoms with Gasteiger partial charge in [-0.3, -0.25) is 14.4 Å². The van der Waals surface area contributed by atoms with Crippen LogP contribution in [0.25, 0.3) is 10.8 Å². The Kier molecular flexibility index (Phi) is 10.4. The lowest BCUT2D eigenvalue weighted by molar-refractivity contribution is -0.148. The number of carbonyl (C=O) groups excluding carboxylic acids is 4. The minimum Gasteiger partial charge on any atom is -0.508 e. The average molecular weight is 591 g/mol. The molecule has 0 saturated heterocycles. The van der Waals surface area contributed by atoms with E-state index in [1.807, 2.05) is 57.2 Å². The first kappa shape index (κ1) is 32.9. The van der Waals surface area contributed by atoms with E-state index >= 15 is 0 Å². The summed E-state index contributed by atoms with van der Waals surface area (Å²) < 4.78 is 5.39. The van der Waals surface area contributed by atoms with Gasteiger partial charge in [-0.2, -0.15) is 0 Å². The van der Waals surface area contributed by atoms with Gasteiger partial charge < -0.3 is 31.1 Å². The Labute approximate surface area is 252 Å². The minimum atomic E-state index is -1.23. The Hall–Kier alpha value is -4.60. The van der Waals surface area contributed by atoms with Crippen LogP contribution in [0.2, 0.25) is 0 Å². The van der Waals surface area contributed by atoms with Crippen LogP contribution in [0.3, 0.4) is 0 Å². The number of amides is 4. The van der Waals surface area contributed by atoms with Crippen molar-refractivity contribution in [3.05, 3.63) is 72.3 Å². The van der Waals surface area contributed by atoms with Crippen LogP contribution in [0.15, 0.2) is 66.7 Å². The number of alkyl carbamates (subject to hydrolysis) is 1. The van der Waals surface area contributed by atoms with Gasteiger partial charge in [-0.1, -0.05) is 49.4 Å². The molecule has 0 saturated carbocycles. The quantitative estimate of drug-likeness (QED) is 0.235. The maximum absolute atomic E-state index is 14.5. The highest BCUT2D eigenvalue weighted by Crippen LogP contribution is 2.34. The Bertz CT molecular complexity index is 1480. The zero-order chi connectivity index (χ0) is 31.9. The molecule has 0 aliphatic carbocycles. The van der Waals surface area contributed by atoms with Crippen molar-refractivity contribution in [1.82, 2.24) is 10.2 Å². The molecule has 43 heavy (non-hydrogen) atoms. The number of nitrogens with zero attached hydrogens (tertiary/aromatic N) is 1. The van der Waals surface area contributed by atoms with Crippen LogP contribution in [0.5, 0.6) is 5.75 Å². The third-order valence-corrected chi connectivity index (χ3v) is 7.13. The number of ether oxygens (including phenoxy) is 1. The third-order valence-electron chi connectivity index (χ3n) is 7.13. The SMILES string of the molecule is CCC(C)(C)N(C(=O)C(CCC(N)=O)NC(=O)OC(C)(C)C)C(C(=O)Nc1ccc2ccccc2c1)c1cccc(O)c1. The summed E-state index contributed by atoms with van der Waals surface area (Å²) in [6.07, 6.45) is -0.707. The predicted molar refractivity (Wildman–Crippen MR) is 166 cm³/mol. The molecule has 2 unspecified atom stereocenters. The molecular formula is C33H42N4O6. The summed E-state index contributed by atoms with van der Waals surface area (Å²) >= 11 is 0. The molecule has 3 aromatic rings. The molecule has 3 rings (SSSR count). The monoisotopic (exact) mass is 590 g/mol. The van der Waals surface area contributed by atoms with E-state index in [1.165, 1.54) is 17.0 Å². The number of aromatic hydroxyl groups is 1. The Balaban J connectivity index is 2.11. The molecule has 0 radical (unpaired) electrons. The maximum Gasteiger partial charge on any atom is 0.408 e. The van der Waals surface area contributed by atoms with E-state index in [4.69, 9.17) is 10.5 Å². The van der Waals surface area contributed by atoms with Gasteiger partial charge in [0.1, 0.15) is 23.4 Å². The van der Waals surface area contributed by atoms with Crippen LogP contribution in [0, 0.1) is 0 Å². The molecule has 4 amide bonds. The summed E-state index contributed by atoms with van der Waals surface area (Å²) in [4.78, 5) is 54.6. The minimum absolute atomic E-state index is 0.0835. The van der Waals surface area contributed by atoms with Gasteiger partial charge in [-0.25, -0.2) is 4.79 Å². The third kappa shape index (κ3) is 8.94. The van der Waals surface area contributed by atoms with Crippen LogP contribution >= 0.6 is 0 Å². The summed E-state index contributed by atoms with van der Waals surface area (Å²) in [6.45, 7) is 10.6. The number of benzene rings is 3. The highest BCUT2D eigenvalue weighted by molar-refractivity contribution is 6.00. The van der Waals surface area contributed by atoms with E-state index in [1.54, 1.807) is 39.0 Å². The van der Waals surface area contributed by atoms with E-state index in [9.17, 15) is 24.3 Å². The van der Waals surface area contributed by atoms with Crippen molar-refractivity contribution in [2.75, 3.05) is 5.32 Å². The standard InChI is InChI=1S/C33H42N4O6/c1-7-33(5,6)37(30(41)26(17-18-27(34)39)36-31(42)43-32(2,3)4)28(23-13-10-14-25(38)20-23)29(40)35-24-16-15-21-11-8-9-12-22(21)19-24/h8-16,19-20,26,28,38H,7,17-18H2,1-6H3,(H2,34,39)(H,35,40)(H,36,42). The van der Waals surface area contributed by atoms with Gasteiger partial charge in [0, 0.05) is 17.6 Å². The van der Waals surface area contributed by atoms with Crippen molar-refractivity contribution in [1.29, 1.82) is 0 Å². The van der Waals surface area contributed by atoms with Crippen LogP contribution < -0.4 is 16.4 Å². The van der Waals surface area contributed by atoms with Gasteiger partial charge in [-0.15, -0.1) is 0 Å². The van der Waals surface area contributed by atoms with Crippen molar-refractivity contribution < 1.29 is 29.0 Å². The van der Waals surface area contributed by atoms with Crippen molar-refractivity contribution in [2.45, 2.75) is 84.0 Å². The number of carbonyl (C=O) groups is 4. The average Bonchev–Trinajstić information content (AvgIpc) is 2.92. The fourth-order valence-electron chi connectivity index (χ4n) is 4.70. The van der Waals surface area contributed by atoms with Crippen LogP contribution in [-0.4, -0.2) is 51.0 Å². The first-order chi connectivity index (χ1) is 20.1. The number of phenolic OH excluding ortho intramolecular Hbond substituents is 1. The molecule has 0 fully saturated rings. The lowest BCUT2D eigenvalue weighted by atomic mass is 9.91. The molecule has 0 aromatic heterocycles. The highest BCUT2D eigenvalue weighted by Gasteiger charge is 2.43. The van der Waals surface area contributed by atoms with E-state index in [2.05, 4.69) is 10.6 Å². The number of phenols is 1. The van der Waals surface area contributed by atoms with Crippen LogP contribution in [-0.2, 0) is 19.1 Å². The summed E-state index contributed by atoms with van der Waals surface area (Å²) in [5.74, 6) is -1.87. The second-order valence-corrected chi connectivity index (χ2v) is 12.1. The second-order valence-electron chi connectivity index (χ2n) is 12.1. The maximum atomic E-state index is 14.5. The Morgan fingerprint density at radius 3 is 2.21 bits per heavy atom. The molecule has 230 valence electrons. The summed E-state index contributed by atoms with van der Waals surface area (Å²) in [6, 6.07) is 16.9. The van der Waals surface area contributed by atoms with Gasteiger partial charge in [-0.05, 0) is 88.1 Å². The number of anilines is 1. The molecule has 5 N–H and O–H groups in total. The van der Waals surface area contributed by atoms with Gasteiger partial charge in [0.2, 0.25) is 11.8 Å². The molecular weight excluding hydrogens is 548 g/mol. The zero-order valence-electron chi connectivity index (χ0n) is 25.6. The number of primary amides is 1. The summed E-state index contributed by atoms with van der Waals surface area (Å²) in [7, 11) is 0. The number of nitrogens with two attached hydrogens (primary N) is 1. The van der Waals surface area contributed by atoms with Gasteiger partial charge in [0.25, 0.3) is 5.91 Å². The largest absolute Gasteiger partial charge is 0.508 e. The molecule has 0 spiro atoms. The lowest BCUT2D eigenvalue weighted by Crippen LogP contribution is -2.59. The number of nitrogens with one attached hydrogen (secondary N) is 2. The van der Waals surface area contributed by atoms with Gasteiger partial charge >= 0.3 is 6.09 Å². The van der Waals surface area contributed by atoms with Crippen LogP contribution in [0.4, 0.5) is 10.5 Å². The van der Waals surface area contributed by atoms with E-state index in [0.717, 1.165) is 10.8 Å². The zero-order valence-corrected chi connectivity index (χ0v) is 25.6. The van der Waals surface area contributed by atoms with Crippen molar-refractivity contribution in [3.63, 3.8) is 0 Å². The number of rotatable bonds is 11. The van der Waals surface area contributed by atoms with E-state index in [0.29, 0.717) is 17.7 Å². The van der Waals surface area contributed by atoms with E-state index in [-0.39, 0.29) is 18.6 Å². The van der Waals surface area contributed by atoms with Gasteiger partial charge in [0.05, 0.1) is 0 Å². The van der Waals surface area contributed by atoms with Crippen molar-refractivity contribution >= 4 is 40.3 Å². The summed E-state index contributed by atoms with van der Waals surface area (Å²) in [5, 5.41) is 17.8. The van der Waals surface area contributed by atoms with Gasteiger partial charge in [0.15, 0.2) is 0 Å². The first-order valence-corrected chi connectivity index (χ1v) is 14.3. The van der Waals surface area contributed by atoms with Crippen molar-refractivity contribution in [3.8, 4) is 5.75 Å². The smallest absolute Gasteiger partial charge is 0.408 e. The molecule has 0 heterocycles. The molecule has 2 atom stereocenters. The highest BCUT2D eigenvalue weighted by atomic mass is 16.6. The molecule has 10 nitrogen and oxygen atoms in total. The fourth-order valence-corrected chi connectivity index (χ4v) is 4.70. The number of hydrogen-bond acceptors (Lipinski definition) is 6. The molecule has 10 heteroatoms. The van der Waals surface area contributed by atoms with Crippen LogP contribution in [0.1, 0.15) is 72.4 Å². The normalized spacial score (nSPS) is 13.1. The molecule has 0 bridgehead atoms. The molecule has 0 aliphatic heterocycles. The molecule has 0 aliphatic rings. The van der Waals surface area contributed by atoms with E-state index < -0.39 is 47.0 Å². The summed E-state index contributed by atoms with van der Waals surface area (Å²) in [5.41, 5.74) is 4.52. The number of hydrogen-bond donors (Lipinski definition) is 4.